The number of nitrogens with zero attached hydrogens (tertiary/aromatic N) is 4. The molecule has 4 heteroatoms. The third-order valence-corrected chi connectivity index (χ3v) is 3.97. The first kappa shape index (κ1) is 15.1. The highest BCUT2D eigenvalue weighted by atomic mass is 15.5. The third-order valence-electron chi connectivity index (χ3n) is 3.97. The molecule has 0 bridgehead atoms. The van der Waals surface area contributed by atoms with Gasteiger partial charge in [-0.25, -0.2) is 4.68 Å². The molecule has 0 N–H and O–H groups in total. The van der Waals surface area contributed by atoms with Crippen molar-refractivity contribution in [2.45, 2.75) is 6.54 Å². The molecule has 0 aliphatic carbocycles. The van der Waals surface area contributed by atoms with Crippen LogP contribution in [0.25, 0.3) is 0 Å². The lowest BCUT2D eigenvalue weighted by Crippen LogP contribution is -2.10. The van der Waals surface area contributed by atoms with Crippen LogP contribution in [0.4, 0.5) is 17.2 Å². The molecule has 0 atom stereocenters. The van der Waals surface area contributed by atoms with Gasteiger partial charge in [0.1, 0.15) is 0 Å². The van der Waals surface area contributed by atoms with Gasteiger partial charge in [-0.15, -0.1) is 5.10 Å². The van der Waals surface area contributed by atoms with Gasteiger partial charge in [-0.1, -0.05) is 71.9 Å². The van der Waals surface area contributed by atoms with Crippen LogP contribution in [0.5, 0.6) is 0 Å². The Morgan fingerprint density at radius 3 is 1.76 bits per heavy atom. The van der Waals surface area contributed by atoms with Gasteiger partial charge in [-0.3, -0.25) is 4.90 Å². The van der Waals surface area contributed by atoms with Crippen LogP contribution >= 0.6 is 0 Å². The summed E-state index contributed by atoms with van der Waals surface area (Å²) in [4.78, 5) is 2.11. The monoisotopic (exact) mass is 326 g/mol. The van der Waals surface area contributed by atoms with Gasteiger partial charge in [0, 0.05) is 11.4 Å². The molecular weight excluding hydrogens is 308 g/mol. The average Bonchev–Trinajstić information content (AvgIpc) is 3.12. The standard InChI is InChI=1S/C21H18N4/c1-4-10-18(11-5-1)16-24-17-21(22-23-24)25(19-12-6-2-7-13-19)20-14-8-3-9-15-20/h1-15,17H,16H2. The molecule has 0 spiro atoms. The summed E-state index contributed by atoms with van der Waals surface area (Å²) in [6, 6.07) is 30.7. The maximum atomic E-state index is 4.40. The Labute approximate surface area is 147 Å². The lowest BCUT2D eigenvalue weighted by Gasteiger charge is -2.21. The zero-order valence-corrected chi connectivity index (χ0v) is 13.7. The minimum Gasteiger partial charge on any atom is -0.292 e. The highest BCUT2D eigenvalue weighted by Gasteiger charge is 2.15. The fourth-order valence-electron chi connectivity index (χ4n) is 2.81. The molecule has 122 valence electrons. The molecule has 25 heavy (non-hydrogen) atoms. The smallest absolute Gasteiger partial charge is 0.180 e. The minimum atomic E-state index is 0.700. The summed E-state index contributed by atoms with van der Waals surface area (Å²) in [5.41, 5.74) is 3.31. The van der Waals surface area contributed by atoms with Gasteiger partial charge < -0.3 is 0 Å². The van der Waals surface area contributed by atoms with Crippen molar-refractivity contribution in [1.29, 1.82) is 0 Å². The van der Waals surface area contributed by atoms with Crippen LogP contribution in [0.2, 0.25) is 0 Å². The fourth-order valence-corrected chi connectivity index (χ4v) is 2.81. The van der Waals surface area contributed by atoms with E-state index in [1.807, 2.05) is 65.5 Å². The number of anilines is 3. The second kappa shape index (κ2) is 7.01. The number of aromatic nitrogens is 3. The lowest BCUT2D eigenvalue weighted by atomic mass is 10.2. The molecule has 4 rings (SSSR count). The van der Waals surface area contributed by atoms with Crippen molar-refractivity contribution >= 4 is 17.2 Å². The van der Waals surface area contributed by atoms with Crippen LogP contribution in [0.1, 0.15) is 5.56 Å². The SMILES string of the molecule is c1ccc(Cn2cc(N(c3ccccc3)c3ccccc3)nn2)cc1. The second-order valence-corrected chi connectivity index (χ2v) is 5.77. The Kier molecular flexibility index (Phi) is 4.25. The van der Waals surface area contributed by atoms with Gasteiger partial charge >= 0.3 is 0 Å². The highest BCUT2D eigenvalue weighted by molar-refractivity contribution is 5.73. The molecule has 0 saturated carbocycles. The molecule has 0 amide bonds. The van der Waals surface area contributed by atoms with Crippen molar-refractivity contribution < 1.29 is 0 Å². The first-order valence-electron chi connectivity index (χ1n) is 8.24. The summed E-state index contributed by atoms with van der Waals surface area (Å²) in [6.45, 7) is 0.700. The molecular formula is C21H18N4. The van der Waals surface area contributed by atoms with Crippen molar-refractivity contribution in [3.05, 3.63) is 103 Å². The van der Waals surface area contributed by atoms with Crippen molar-refractivity contribution in [2.24, 2.45) is 0 Å². The van der Waals surface area contributed by atoms with E-state index in [4.69, 9.17) is 0 Å². The van der Waals surface area contributed by atoms with Gasteiger partial charge in [0.25, 0.3) is 0 Å². The first-order chi connectivity index (χ1) is 12.4. The summed E-state index contributed by atoms with van der Waals surface area (Å²) >= 11 is 0. The van der Waals surface area contributed by atoms with Crippen molar-refractivity contribution in [2.75, 3.05) is 4.90 Å². The van der Waals surface area contributed by atoms with E-state index >= 15 is 0 Å². The number of rotatable bonds is 5. The van der Waals surface area contributed by atoms with Crippen LogP contribution in [0.3, 0.4) is 0 Å². The quantitative estimate of drug-likeness (QED) is 0.528. The predicted octanol–water partition coefficient (Wildman–Crippen LogP) is 4.80. The van der Waals surface area contributed by atoms with E-state index in [0.29, 0.717) is 6.54 Å². The Morgan fingerprint density at radius 1 is 0.680 bits per heavy atom. The van der Waals surface area contributed by atoms with Crippen LogP contribution in [-0.4, -0.2) is 15.0 Å². The van der Waals surface area contributed by atoms with E-state index in [2.05, 4.69) is 51.6 Å². The normalized spacial score (nSPS) is 10.6. The van der Waals surface area contributed by atoms with E-state index in [1.54, 1.807) is 0 Å². The molecule has 1 aromatic heterocycles. The maximum absolute atomic E-state index is 4.40. The van der Waals surface area contributed by atoms with Crippen molar-refractivity contribution in [1.82, 2.24) is 15.0 Å². The van der Waals surface area contributed by atoms with Crippen LogP contribution < -0.4 is 4.90 Å². The maximum Gasteiger partial charge on any atom is 0.180 e. The molecule has 0 aliphatic heterocycles. The van der Waals surface area contributed by atoms with Crippen LogP contribution in [-0.2, 0) is 6.54 Å². The summed E-state index contributed by atoms with van der Waals surface area (Å²) in [5, 5.41) is 8.71. The Morgan fingerprint density at radius 2 is 1.20 bits per heavy atom. The highest BCUT2D eigenvalue weighted by Crippen LogP contribution is 2.32. The number of benzene rings is 3. The molecule has 3 aromatic carbocycles. The Hall–Kier alpha value is -3.40. The minimum absolute atomic E-state index is 0.700. The third kappa shape index (κ3) is 3.43. The Bertz CT molecular complexity index is 878. The summed E-state index contributed by atoms with van der Waals surface area (Å²) in [5.74, 6) is 0.799. The number of hydrogen-bond donors (Lipinski definition) is 0. The predicted molar refractivity (Wildman–Crippen MR) is 100 cm³/mol. The van der Waals surface area contributed by atoms with E-state index in [0.717, 1.165) is 17.2 Å². The molecule has 0 radical (unpaired) electrons. The molecule has 0 saturated heterocycles. The van der Waals surface area contributed by atoms with Gasteiger partial charge in [0.2, 0.25) is 0 Å². The van der Waals surface area contributed by atoms with Gasteiger partial charge in [0.15, 0.2) is 5.82 Å². The summed E-state index contributed by atoms with van der Waals surface area (Å²) in [7, 11) is 0. The zero-order chi connectivity index (χ0) is 16.9. The molecule has 4 nitrogen and oxygen atoms in total. The number of hydrogen-bond acceptors (Lipinski definition) is 3. The summed E-state index contributed by atoms with van der Waals surface area (Å²) in [6.07, 6.45) is 1.98. The second-order valence-electron chi connectivity index (χ2n) is 5.77. The van der Waals surface area contributed by atoms with E-state index < -0.39 is 0 Å². The van der Waals surface area contributed by atoms with Crippen molar-refractivity contribution in [3.63, 3.8) is 0 Å². The van der Waals surface area contributed by atoms with Crippen LogP contribution in [0, 0.1) is 0 Å². The zero-order valence-electron chi connectivity index (χ0n) is 13.7. The van der Waals surface area contributed by atoms with Crippen LogP contribution in [0.15, 0.2) is 97.2 Å². The van der Waals surface area contributed by atoms with Crippen molar-refractivity contribution in [3.8, 4) is 0 Å². The molecule has 0 fully saturated rings. The first-order valence-corrected chi connectivity index (χ1v) is 8.24. The van der Waals surface area contributed by atoms with Gasteiger partial charge in [-0.2, -0.15) is 0 Å². The summed E-state index contributed by atoms with van der Waals surface area (Å²) < 4.78 is 1.86. The number of para-hydroxylation sites is 2. The van der Waals surface area contributed by atoms with E-state index in [1.165, 1.54) is 5.56 Å². The van der Waals surface area contributed by atoms with Gasteiger partial charge in [-0.05, 0) is 29.8 Å². The lowest BCUT2D eigenvalue weighted by molar-refractivity contribution is 0.650. The largest absolute Gasteiger partial charge is 0.292 e. The topological polar surface area (TPSA) is 34.0 Å². The Balaban J connectivity index is 1.69. The molecule has 0 aliphatic rings. The van der Waals surface area contributed by atoms with Gasteiger partial charge in [0.05, 0.1) is 12.7 Å². The molecule has 0 unspecified atom stereocenters. The average molecular weight is 326 g/mol. The fraction of sp³-hybridized carbons (Fsp3) is 0.0476. The van der Waals surface area contributed by atoms with E-state index in [9.17, 15) is 0 Å². The molecule has 4 aromatic rings. The molecule has 1 heterocycles. The van der Waals surface area contributed by atoms with E-state index in [-0.39, 0.29) is 0 Å².